The van der Waals surface area contributed by atoms with Crippen LogP contribution in [-0.4, -0.2) is 58.6 Å². The van der Waals surface area contributed by atoms with E-state index >= 15 is 0 Å². The Morgan fingerprint density at radius 2 is 2.09 bits per heavy atom. The van der Waals surface area contributed by atoms with Crippen molar-refractivity contribution in [1.29, 1.82) is 0 Å². The number of nitrogens with zero attached hydrogens (tertiary/aromatic N) is 3. The molecule has 0 radical (unpaired) electrons. The summed E-state index contributed by atoms with van der Waals surface area (Å²) in [7, 11) is 0. The largest absolute Gasteiger partial charge is 0.381 e. The second kappa shape index (κ2) is 6.49. The third kappa shape index (κ3) is 3.04. The van der Waals surface area contributed by atoms with Crippen molar-refractivity contribution in [3.63, 3.8) is 0 Å². The molecular weight excluding hydrogens is 310 g/mol. The van der Waals surface area contributed by atoms with Gasteiger partial charge in [0.1, 0.15) is 0 Å². The van der Waals surface area contributed by atoms with Crippen LogP contribution >= 0.6 is 11.3 Å². The van der Waals surface area contributed by atoms with Crippen LogP contribution in [0.5, 0.6) is 0 Å². The molecule has 3 saturated heterocycles. The summed E-state index contributed by atoms with van der Waals surface area (Å²) >= 11 is 1.67. The molecular formula is C17H25N3O2S. The number of amides is 1. The number of thiazole rings is 1. The Morgan fingerprint density at radius 1 is 1.26 bits per heavy atom. The van der Waals surface area contributed by atoms with Crippen molar-refractivity contribution in [2.24, 2.45) is 0 Å². The van der Waals surface area contributed by atoms with Crippen molar-refractivity contribution in [3.05, 3.63) is 16.1 Å². The highest BCUT2D eigenvalue weighted by atomic mass is 32.1. The molecule has 126 valence electrons. The van der Waals surface area contributed by atoms with Crippen LogP contribution in [0.15, 0.2) is 5.38 Å². The molecule has 3 aliphatic heterocycles. The predicted octanol–water partition coefficient (Wildman–Crippen LogP) is 2.20. The fourth-order valence-electron chi connectivity index (χ4n) is 4.51. The number of likely N-dealkylation sites (tertiary alicyclic amines) is 2. The van der Waals surface area contributed by atoms with Crippen LogP contribution in [0.1, 0.15) is 42.8 Å². The molecule has 0 spiro atoms. The summed E-state index contributed by atoms with van der Waals surface area (Å²) in [6, 6.07) is 1.56. The van der Waals surface area contributed by atoms with Gasteiger partial charge in [0.05, 0.1) is 17.2 Å². The number of rotatable bonds is 3. The van der Waals surface area contributed by atoms with Gasteiger partial charge in [-0.2, -0.15) is 0 Å². The fourth-order valence-corrected chi connectivity index (χ4v) is 5.12. The van der Waals surface area contributed by atoms with Crippen molar-refractivity contribution in [2.75, 3.05) is 19.8 Å². The maximum atomic E-state index is 12.5. The zero-order valence-electron chi connectivity index (χ0n) is 13.7. The van der Waals surface area contributed by atoms with Crippen LogP contribution in [-0.2, 0) is 16.1 Å². The average Bonchev–Trinajstić information content (AvgIpc) is 3.17. The minimum Gasteiger partial charge on any atom is -0.381 e. The highest BCUT2D eigenvalue weighted by molar-refractivity contribution is 7.09. The topological polar surface area (TPSA) is 45.7 Å². The Hall–Kier alpha value is -0.980. The summed E-state index contributed by atoms with van der Waals surface area (Å²) in [5.41, 5.74) is 1.05. The van der Waals surface area contributed by atoms with E-state index in [0.29, 0.717) is 37.0 Å². The Labute approximate surface area is 141 Å². The molecule has 2 atom stereocenters. The SMILES string of the molecule is Cc1nc(CN2C(=O)CC[C@@H]3[C@H]2CCN3C2CCOCC2)cs1. The van der Waals surface area contributed by atoms with Crippen molar-refractivity contribution < 1.29 is 9.53 Å². The molecule has 1 amide bonds. The smallest absolute Gasteiger partial charge is 0.223 e. The monoisotopic (exact) mass is 335 g/mol. The van der Waals surface area contributed by atoms with Gasteiger partial charge in [-0.3, -0.25) is 9.69 Å². The van der Waals surface area contributed by atoms with Gasteiger partial charge in [-0.1, -0.05) is 0 Å². The van der Waals surface area contributed by atoms with Crippen LogP contribution in [0, 0.1) is 6.92 Å². The van der Waals surface area contributed by atoms with Gasteiger partial charge in [-0.25, -0.2) is 4.98 Å². The predicted molar refractivity (Wildman–Crippen MR) is 89.4 cm³/mol. The van der Waals surface area contributed by atoms with Gasteiger partial charge >= 0.3 is 0 Å². The highest BCUT2D eigenvalue weighted by Crippen LogP contribution is 2.35. The van der Waals surface area contributed by atoms with E-state index in [-0.39, 0.29) is 0 Å². The highest BCUT2D eigenvalue weighted by Gasteiger charge is 2.45. The molecule has 3 aliphatic rings. The average molecular weight is 335 g/mol. The van der Waals surface area contributed by atoms with E-state index in [0.717, 1.165) is 56.1 Å². The van der Waals surface area contributed by atoms with E-state index in [1.165, 1.54) is 0 Å². The summed E-state index contributed by atoms with van der Waals surface area (Å²) in [6.07, 6.45) is 5.10. The van der Waals surface area contributed by atoms with Crippen LogP contribution < -0.4 is 0 Å². The fraction of sp³-hybridized carbons (Fsp3) is 0.765. The molecule has 6 heteroatoms. The van der Waals surface area contributed by atoms with Gasteiger partial charge in [0, 0.05) is 49.7 Å². The first-order valence-electron chi connectivity index (χ1n) is 8.76. The standard InChI is InChI=1S/C17H25N3O2S/c1-12-18-13(11-23-12)10-20-16-4-7-19(14-5-8-22-9-6-14)15(16)2-3-17(20)21/h11,14-16H,2-10H2,1H3/t15-,16-/m1/s1. The number of hydrogen-bond acceptors (Lipinski definition) is 5. The Kier molecular flexibility index (Phi) is 4.39. The van der Waals surface area contributed by atoms with Gasteiger partial charge in [-0.15, -0.1) is 11.3 Å². The molecule has 0 N–H and O–H groups in total. The molecule has 0 unspecified atom stereocenters. The Morgan fingerprint density at radius 3 is 2.83 bits per heavy atom. The second-order valence-electron chi connectivity index (χ2n) is 6.92. The summed E-state index contributed by atoms with van der Waals surface area (Å²) in [5.74, 6) is 0.311. The number of carbonyl (C=O) groups excluding carboxylic acids is 1. The molecule has 23 heavy (non-hydrogen) atoms. The van der Waals surface area contributed by atoms with E-state index in [4.69, 9.17) is 4.74 Å². The minimum atomic E-state index is 0.311. The first kappa shape index (κ1) is 15.5. The van der Waals surface area contributed by atoms with Gasteiger partial charge in [0.2, 0.25) is 5.91 Å². The summed E-state index contributed by atoms with van der Waals surface area (Å²) in [5, 5.41) is 3.17. The van der Waals surface area contributed by atoms with Gasteiger partial charge < -0.3 is 9.64 Å². The van der Waals surface area contributed by atoms with E-state index < -0.39 is 0 Å². The van der Waals surface area contributed by atoms with Crippen LogP contribution in [0.2, 0.25) is 0 Å². The summed E-state index contributed by atoms with van der Waals surface area (Å²) in [6.45, 7) is 5.61. The molecule has 1 aromatic heterocycles. The first-order chi connectivity index (χ1) is 11.2. The van der Waals surface area contributed by atoms with Crippen molar-refractivity contribution in [1.82, 2.24) is 14.8 Å². The van der Waals surface area contributed by atoms with E-state index in [1.54, 1.807) is 11.3 Å². The second-order valence-corrected chi connectivity index (χ2v) is 7.99. The minimum absolute atomic E-state index is 0.311. The molecule has 0 aromatic carbocycles. The zero-order valence-corrected chi connectivity index (χ0v) is 14.6. The van der Waals surface area contributed by atoms with Crippen LogP contribution in [0.3, 0.4) is 0 Å². The molecule has 4 heterocycles. The van der Waals surface area contributed by atoms with E-state index in [2.05, 4.69) is 20.2 Å². The van der Waals surface area contributed by atoms with E-state index in [1.807, 2.05) is 6.92 Å². The summed E-state index contributed by atoms with van der Waals surface area (Å²) in [4.78, 5) is 21.8. The van der Waals surface area contributed by atoms with Gasteiger partial charge in [0.15, 0.2) is 0 Å². The lowest BCUT2D eigenvalue weighted by Gasteiger charge is -2.42. The first-order valence-corrected chi connectivity index (χ1v) is 9.64. The number of piperidine rings is 1. The van der Waals surface area contributed by atoms with Crippen LogP contribution in [0.25, 0.3) is 0 Å². The maximum absolute atomic E-state index is 12.5. The van der Waals surface area contributed by atoms with Gasteiger partial charge in [0.25, 0.3) is 0 Å². The molecule has 0 aliphatic carbocycles. The number of fused-ring (bicyclic) bond motifs is 1. The molecule has 5 nitrogen and oxygen atoms in total. The summed E-state index contributed by atoms with van der Waals surface area (Å²) < 4.78 is 5.52. The molecule has 0 saturated carbocycles. The molecule has 1 aromatic rings. The Balaban J connectivity index is 1.49. The number of ether oxygens (including phenoxy) is 1. The molecule has 0 bridgehead atoms. The third-order valence-electron chi connectivity index (χ3n) is 5.59. The number of hydrogen-bond donors (Lipinski definition) is 0. The zero-order chi connectivity index (χ0) is 15.8. The molecule has 4 rings (SSSR count). The van der Waals surface area contributed by atoms with Crippen molar-refractivity contribution >= 4 is 17.2 Å². The number of carbonyl (C=O) groups is 1. The lowest BCUT2D eigenvalue weighted by Crippen LogP contribution is -2.54. The van der Waals surface area contributed by atoms with Gasteiger partial charge in [-0.05, 0) is 32.6 Å². The quantitative estimate of drug-likeness (QED) is 0.849. The lowest BCUT2D eigenvalue weighted by atomic mass is 9.94. The molecule has 3 fully saturated rings. The van der Waals surface area contributed by atoms with E-state index in [9.17, 15) is 4.79 Å². The third-order valence-corrected chi connectivity index (χ3v) is 6.41. The normalized spacial score (nSPS) is 30.0. The van der Waals surface area contributed by atoms with Crippen molar-refractivity contribution in [3.8, 4) is 0 Å². The maximum Gasteiger partial charge on any atom is 0.223 e. The van der Waals surface area contributed by atoms with Crippen molar-refractivity contribution in [2.45, 2.75) is 63.7 Å². The van der Waals surface area contributed by atoms with Crippen LogP contribution in [0.4, 0.5) is 0 Å². The number of aryl methyl sites for hydroxylation is 1. The lowest BCUT2D eigenvalue weighted by molar-refractivity contribution is -0.139. The number of aromatic nitrogens is 1. The Bertz CT molecular complexity index is 570.